The number of nitrogens with one attached hydrogen (secondary N) is 2. The summed E-state index contributed by atoms with van der Waals surface area (Å²) in [7, 11) is 4.57. The molecule has 2 aromatic heterocycles. The summed E-state index contributed by atoms with van der Waals surface area (Å²) in [6.45, 7) is 0. The number of nitrogens with zero attached hydrogens (tertiary/aromatic N) is 4. The van der Waals surface area contributed by atoms with Gasteiger partial charge in [0.1, 0.15) is 11.3 Å². The van der Waals surface area contributed by atoms with Gasteiger partial charge in [0.2, 0.25) is 5.95 Å². The number of aromatic amines is 1. The number of anilines is 2. The summed E-state index contributed by atoms with van der Waals surface area (Å²) < 4.78 is 11.7. The van der Waals surface area contributed by atoms with Gasteiger partial charge in [-0.2, -0.15) is 10.1 Å². The Morgan fingerprint density at radius 1 is 1.24 bits per heavy atom. The van der Waals surface area contributed by atoms with Gasteiger partial charge in [0, 0.05) is 18.0 Å². The van der Waals surface area contributed by atoms with Gasteiger partial charge in [-0.15, -0.1) is 5.10 Å². The maximum Gasteiger partial charge on any atom is 0.341 e. The molecule has 148 valence electrons. The van der Waals surface area contributed by atoms with E-state index in [-0.39, 0.29) is 0 Å². The molecular weight excluding hydrogens is 396 g/mol. The lowest BCUT2D eigenvalue weighted by molar-refractivity contribution is 0.0597. The highest BCUT2D eigenvalue weighted by molar-refractivity contribution is 6.38. The number of H-pyrrole nitrogens is 1. The van der Waals surface area contributed by atoms with E-state index in [1.54, 1.807) is 36.1 Å². The van der Waals surface area contributed by atoms with Gasteiger partial charge in [0.15, 0.2) is 5.82 Å². The van der Waals surface area contributed by atoms with Gasteiger partial charge in [-0.05, 0) is 30.3 Å². The zero-order chi connectivity index (χ0) is 20.5. The van der Waals surface area contributed by atoms with Crippen LogP contribution in [0.4, 0.5) is 11.6 Å². The number of hydrogen-bond donors (Lipinski definition) is 2. The number of fused-ring (bicyclic) bond motifs is 1. The second-order valence-electron chi connectivity index (χ2n) is 6.17. The third kappa shape index (κ3) is 3.36. The van der Waals surface area contributed by atoms with E-state index in [4.69, 9.17) is 21.1 Å². The molecule has 0 aliphatic rings. The van der Waals surface area contributed by atoms with Crippen molar-refractivity contribution in [2.45, 2.75) is 0 Å². The molecule has 0 unspecified atom stereocenters. The fraction of sp³-hybridized carbons (Fsp3) is 0.158. The number of rotatable bonds is 5. The van der Waals surface area contributed by atoms with Gasteiger partial charge < -0.3 is 14.8 Å². The van der Waals surface area contributed by atoms with Crippen LogP contribution in [0.25, 0.3) is 22.3 Å². The van der Waals surface area contributed by atoms with Crippen LogP contribution in [-0.2, 0) is 11.8 Å². The summed E-state index contributed by atoms with van der Waals surface area (Å²) in [5.41, 5.74) is 2.54. The summed E-state index contributed by atoms with van der Waals surface area (Å²) in [6, 6.07) is 8.76. The van der Waals surface area contributed by atoms with E-state index in [9.17, 15) is 4.79 Å². The normalized spacial score (nSPS) is 10.9. The number of carbonyl (C=O) groups is 1. The van der Waals surface area contributed by atoms with Gasteiger partial charge in [-0.3, -0.25) is 5.10 Å². The summed E-state index contributed by atoms with van der Waals surface area (Å²) >= 11 is 6.47. The molecule has 4 rings (SSSR count). The van der Waals surface area contributed by atoms with Crippen molar-refractivity contribution in [2.75, 3.05) is 19.5 Å². The summed E-state index contributed by atoms with van der Waals surface area (Å²) in [4.78, 5) is 16.4. The van der Waals surface area contributed by atoms with Crippen molar-refractivity contribution >= 4 is 40.1 Å². The standard InChI is InChI=1S/C19H17ClN6O3/c1-26-19(22-14-7-6-13-12(16(14)20)9-21-24-13)23-17(25-26)10-4-5-11(18(27)29-3)15(8-10)28-2/h4-9H,1-3H3,(H,21,24)(H,22,23,25). The molecule has 0 aliphatic carbocycles. The highest BCUT2D eigenvalue weighted by atomic mass is 35.5. The molecule has 0 saturated carbocycles. The number of hydrogen-bond acceptors (Lipinski definition) is 7. The number of carbonyl (C=O) groups excluding carboxylic acids is 1. The summed E-state index contributed by atoms with van der Waals surface area (Å²) in [5, 5.41) is 15.8. The van der Waals surface area contributed by atoms with Crippen molar-refractivity contribution in [3.63, 3.8) is 0 Å². The molecule has 2 N–H and O–H groups in total. The minimum Gasteiger partial charge on any atom is -0.496 e. The molecule has 29 heavy (non-hydrogen) atoms. The Balaban J connectivity index is 1.67. The Bertz CT molecular complexity index is 1220. The second-order valence-corrected chi connectivity index (χ2v) is 6.55. The Morgan fingerprint density at radius 2 is 2.07 bits per heavy atom. The van der Waals surface area contributed by atoms with Crippen LogP contribution in [0.2, 0.25) is 5.02 Å². The molecule has 0 spiro atoms. The predicted octanol–water partition coefficient (Wildman–Crippen LogP) is 3.55. The molecule has 0 fully saturated rings. The molecule has 0 bridgehead atoms. The highest BCUT2D eigenvalue weighted by Gasteiger charge is 2.17. The Kier molecular flexibility index (Phi) is 4.81. The van der Waals surface area contributed by atoms with Gasteiger partial charge in [-0.1, -0.05) is 11.6 Å². The van der Waals surface area contributed by atoms with Crippen LogP contribution < -0.4 is 10.1 Å². The third-order valence-corrected chi connectivity index (χ3v) is 4.84. The molecule has 0 aliphatic heterocycles. The van der Waals surface area contributed by atoms with Crippen LogP contribution in [0.1, 0.15) is 10.4 Å². The van der Waals surface area contributed by atoms with Crippen LogP contribution in [-0.4, -0.2) is 45.2 Å². The van der Waals surface area contributed by atoms with E-state index in [2.05, 4.69) is 25.6 Å². The average molecular weight is 413 g/mol. The van der Waals surface area contributed by atoms with E-state index in [0.29, 0.717) is 39.4 Å². The van der Waals surface area contributed by atoms with E-state index < -0.39 is 5.97 Å². The lowest BCUT2D eigenvalue weighted by Gasteiger charge is -2.08. The Morgan fingerprint density at radius 3 is 2.83 bits per heavy atom. The molecule has 2 heterocycles. The number of aromatic nitrogens is 5. The van der Waals surface area contributed by atoms with Gasteiger partial charge in [-0.25, -0.2) is 9.48 Å². The first-order chi connectivity index (χ1) is 14.0. The van der Waals surface area contributed by atoms with Crippen LogP contribution in [0.3, 0.4) is 0 Å². The minimum atomic E-state index is -0.478. The van der Waals surface area contributed by atoms with Gasteiger partial charge >= 0.3 is 5.97 Å². The number of benzene rings is 2. The molecular formula is C19H17ClN6O3. The van der Waals surface area contributed by atoms with Crippen LogP contribution in [0, 0.1) is 0 Å². The van der Waals surface area contributed by atoms with Gasteiger partial charge in [0.05, 0.1) is 36.6 Å². The number of ether oxygens (including phenoxy) is 2. The predicted molar refractivity (Wildman–Crippen MR) is 109 cm³/mol. The summed E-state index contributed by atoms with van der Waals surface area (Å²) in [5.74, 6) is 0.866. The molecule has 0 amide bonds. The maximum absolute atomic E-state index is 11.8. The molecule has 9 nitrogen and oxygen atoms in total. The van der Waals surface area contributed by atoms with Crippen molar-refractivity contribution in [2.24, 2.45) is 7.05 Å². The van der Waals surface area contributed by atoms with E-state index in [1.807, 2.05) is 12.1 Å². The molecule has 0 radical (unpaired) electrons. The molecule has 2 aromatic carbocycles. The largest absolute Gasteiger partial charge is 0.496 e. The Hall–Kier alpha value is -3.59. The van der Waals surface area contributed by atoms with Gasteiger partial charge in [0.25, 0.3) is 0 Å². The maximum atomic E-state index is 11.8. The zero-order valence-corrected chi connectivity index (χ0v) is 16.6. The smallest absolute Gasteiger partial charge is 0.341 e. The minimum absolute atomic E-state index is 0.327. The monoisotopic (exact) mass is 412 g/mol. The fourth-order valence-electron chi connectivity index (χ4n) is 2.92. The van der Waals surface area contributed by atoms with Crippen LogP contribution >= 0.6 is 11.6 Å². The number of esters is 1. The van der Waals surface area contributed by atoms with Crippen molar-refractivity contribution in [3.8, 4) is 17.1 Å². The molecule has 0 atom stereocenters. The number of aryl methyl sites for hydroxylation is 1. The lowest BCUT2D eigenvalue weighted by atomic mass is 10.1. The van der Waals surface area contributed by atoms with Crippen molar-refractivity contribution in [1.29, 1.82) is 0 Å². The van der Waals surface area contributed by atoms with E-state index in [1.165, 1.54) is 14.2 Å². The van der Waals surface area contributed by atoms with Crippen LogP contribution in [0.5, 0.6) is 5.75 Å². The molecule has 4 aromatic rings. The number of methoxy groups -OCH3 is 2. The first kappa shape index (κ1) is 18.8. The first-order valence-electron chi connectivity index (χ1n) is 8.58. The van der Waals surface area contributed by atoms with E-state index in [0.717, 1.165) is 10.9 Å². The highest BCUT2D eigenvalue weighted by Crippen LogP contribution is 2.32. The van der Waals surface area contributed by atoms with Crippen molar-refractivity contribution in [1.82, 2.24) is 25.0 Å². The zero-order valence-electron chi connectivity index (χ0n) is 15.9. The quantitative estimate of drug-likeness (QED) is 0.482. The van der Waals surface area contributed by atoms with Crippen LogP contribution in [0.15, 0.2) is 36.5 Å². The molecule has 0 saturated heterocycles. The summed E-state index contributed by atoms with van der Waals surface area (Å²) in [6.07, 6.45) is 1.67. The average Bonchev–Trinajstić information content (AvgIpc) is 3.36. The number of halogens is 1. The second kappa shape index (κ2) is 7.44. The van der Waals surface area contributed by atoms with E-state index >= 15 is 0 Å². The SMILES string of the molecule is COC(=O)c1ccc(-c2nc(Nc3ccc4[nH]ncc4c3Cl)n(C)n2)cc1OC. The fourth-order valence-corrected chi connectivity index (χ4v) is 3.19. The van der Waals surface area contributed by atoms with Crippen molar-refractivity contribution in [3.05, 3.63) is 47.1 Å². The Labute approximate surface area is 170 Å². The molecule has 10 heteroatoms. The third-order valence-electron chi connectivity index (χ3n) is 4.43. The first-order valence-corrected chi connectivity index (χ1v) is 8.96. The van der Waals surface area contributed by atoms with Crippen molar-refractivity contribution < 1.29 is 14.3 Å². The topological polar surface area (TPSA) is 107 Å². The lowest BCUT2D eigenvalue weighted by Crippen LogP contribution is -2.04.